The Balaban J connectivity index is 2.35. The number of ether oxygens (including phenoxy) is 1. The Morgan fingerprint density at radius 3 is 2.58 bits per heavy atom. The highest BCUT2D eigenvalue weighted by atomic mass is 16.5. The maximum atomic E-state index is 11.7. The van der Waals surface area contributed by atoms with Crippen molar-refractivity contribution >= 4 is 11.9 Å². The smallest absolute Gasteiger partial charge is 0.307 e. The number of benzene rings is 1. The molecule has 104 valence electrons. The first kappa shape index (κ1) is 15.2. The molecule has 4 nitrogen and oxygen atoms in total. The van der Waals surface area contributed by atoms with Crippen LogP contribution in [-0.2, 0) is 20.7 Å². The lowest BCUT2D eigenvalue weighted by atomic mass is 10.0. The van der Waals surface area contributed by atoms with Crippen LogP contribution >= 0.6 is 0 Å². The lowest BCUT2D eigenvalue weighted by Gasteiger charge is -2.07. The number of aryl methyl sites for hydroxylation is 2. The van der Waals surface area contributed by atoms with Crippen LogP contribution in [0.2, 0.25) is 0 Å². The number of amides is 1. The minimum absolute atomic E-state index is 0.0763. The second-order valence-corrected chi connectivity index (χ2v) is 4.50. The fraction of sp³-hybridized carbons (Fsp3) is 0.467. The summed E-state index contributed by atoms with van der Waals surface area (Å²) in [5, 5.41) is 2.71. The zero-order chi connectivity index (χ0) is 14.3. The van der Waals surface area contributed by atoms with Gasteiger partial charge in [0.25, 0.3) is 0 Å². The van der Waals surface area contributed by atoms with Gasteiger partial charge in [0.05, 0.1) is 19.4 Å². The van der Waals surface area contributed by atoms with E-state index in [0.29, 0.717) is 19.6 Å². The third kappa shape index (κ3) is 5.55. The van der Waals surface area contributed by atoms with Crippen LogP contribution in [0.3, 0.4) is 0 Å². The van der Waals surface area contributed by atoms with Gasteiger partial charge in [-0.15, -0.1) is 0 Å². The predicted octanol–water partition coefficient (Wildman–Crippen LogP) is 1.92. The van der Waals surface area contributed by atoms with Crippen molar-refractivity contribution in [3.63, 3.8) is 0 Å². The molecule has 0 aliphatic heterocycles. The van der Waals surface area contributed by atoms with Gasteiger partial charge in [-0.2, -0.15) is 0 Å². The summed E-state index contributed by atoms with van der Waals surface area (Å²) < 4.78 is 4.78. The van der Waals surface area contributed by atoms with Crippen molar-refractivity contribution < 1.29 is 14.3 Å². The minimum atomic E-state index is -0.283. The fourth-order valence-corrected chi connectivity index (χ4v) is 1.70. The second-order valence-electron chi connectivity index (χ2n) is 4.50. The third-order valence-electron chi connectivity index (χ3n) is 2.89. The van der Waals surface area contributed by atoms with Crippen LogP contribution in [0.25, 0.3) is 0 Å². The molecule has 0 aliphatic carbocycles. The Bertz CT molecular complexity index is 455. The highest BCUT2D eigenvalue weighted by molar-refractivity contribution is 5.79. The van der Waals surface area contributed by atoms with Gasteiger partial charge >= 0.3 is 5.97 Å². The molecular formula is C15H21NO3. The maximum Gasteiger partial charge on any atom is 0.307 e. The first-order valence-electron chi connectivity index (χ1n) is 6.51. The number of carbonyl (C=O) groups excluding carboxylic acids is 2. The molecule has 1 N–H and O–H groups in total. The molecule has 0 aromatic heterocycles. The molecule has 0 saturated heterocycles. The Hall–Kier alpha value is -1.84. The van der Waals surface area contributed by atoms with Crippen LogP contribution in [0.5, 0.6) is 0 Å². The van der Waals surface area contributed by atoms with Gasteiger partial charge in [-0.25, -0.2) is 0 Å². The summed E-state index contributed by atoms with van der Waals surface area (Å²) >= 11 is 0. The van der Waals surface area contributed by atoms with Crippen LogP contribution in [-0.4, -0.2) is 25.0 Å². The van der Waals surface area contributed by atoms with Crippen LogP contribution in [0.1, 0.15) is 30.0 Å². The lowest BCUT2D eigenvalue weighted by molar-refractivity contribution is -0.143. The molecular weight excluding hydrogens is 242 g/mol. The highest BCUT2D eigenvalue weighted by Gasteiger charge is 2.06. The van der Waals surface area contributed by atoms with Gasteiger partial charge in [0, 0.05) is 6.54 Å². The number of carbonyl (C=O) groups is 2. The zero-order valence-electron chi connectivity index (χ0n) is 11.8. The summed E-state index contributed by atoms with van der Waals surface area (Å²) in [6.45, 7) is 6.52. The summed E-state index contributed by atoms with van der Waals surface area (Å²) in [5.41, 5.74) is 3.38. The van der Waals surface area contributed by atoms with E-state index in [2.05, 4.69) is 5.32 Å². The molecule has 0 aliphatic rings. The highest BCUT2D eigenvalue weighted by Crippen LogP contribution is 2.10. The molecule has 0 bridgehead atoms. The largest absolute Gasteiger partial charge is 0.466 e. The normalized spacial score (nSPS) is 10.1. The molecule has 0 fully saturated rings. The topological polar surface area (TPSA) is 55.4 Å². The van der Waals surface area contributed by atoms with Crippen molar-refractivity contribution in [2.75, 3.05) is 13.2 Å². The van der Waals surface area contributed by atoms with Gasteiger partial charge in [-0.3, -0.25) is 9.59 Å². The SMILES string of the molecule is CCOC(=O)CCNC(=O)Cc1ccc(C)c(C)c1. The zero-order valence-corrected chi connectivity index (χ0v) is 11.8. The van der Waals surface area contributed by atoms with Crippen molar-refractivity contribution in [1.82, 2.24) is 5.32 Å². The van der Waals surface area contributed by atoms with Crippen molar-refractivity contribution in [3.05, 3.63) is 34.9 Å². The van der Waals surface area contributed by atoms with Crippen molar-refractivity contribution in [2.24, 2.45) is 0 Å². The van der Waals surface area contributed by atoms with Gasteiger partial charge in [-0.05, 0) is 37.5 Å². The van der Waals surface area contributed by atoms with E-state index in [1.54, 1.807) is 6.92 Å². The Labute approximate surface area is 114 Å². The summed E-state index contributed by atoms with van der Waals surface area (Å²) in [4.78, 5) is 22.8. The summed E-state index contributed by atoms with van der Waals surface area (Å²) in [6.07, 6.45) is 0.552. The van der Waals surface area contributed by atoms with Crippen molar-refractivity contribution in [2.45, 2.75) is 33.6 Å². The fourth-order valence-electron chi connectivity index (χ4n) is 1.70. The molecule has 0 heterocycles. The summed E-state index contributed by atoms with van der Waals surface area (Å²) in [6, 6.07) is 5.98. The van der Waals surface area contributed by atoms with Gasteiger partial charge in [0.1, 0.15) is 0 Å². The molecule has 0 unspecified atom stereocenters. The molecule has 1 aromatic rings. The van der Waals surface area contributed by atoms with E-state index < -0.39 is 0 Å². The molecule has 4 heteroatoms. The van der Waals surface area contributed by atoms with Crippen LogP contribution in [0.15, 0.2) is 18.2 Å². The number of nitrogens with one attached hydrogen (secondary N) is 1. The van der Waals surface area contributed by atoms with E-state index in [1.807, 2.05) is 32.0 Å². The molecule has 19 heavy (non-hydrogen) atoms. The number of esters is 1. The number of hydrogen-bond donors (Lipinski definition) is 1. The van der Waals surface area contributed by atoms with Crippen molar-refractivity contribution in [3.8, 4) is 0 Å². The van der Waals surface area contributed by atoms with E-state index in [-0.39, 0.29) is 18.3 Å². The monoisotopic (exact) mass is 263 g/mol. The first-order chi connectivity index (χ1) is 9.02. The standard InChI is InChI=1S/C15H21NO3/c1-4-19-15(18)7-8-16-14(17)10-13-6-5-11(2)12(3)9-13/h5-6,9H,4,7-8,10H2,1-3H3,(H,16,17). The first-order valence-corrected chi connectivity index (χ1v) is 6.51. The summed E-state index contributed by atoms with van der Waals surface area (Å²) in [5.74, 6) is -0.360. The Morgan fingerprint density at radius 2 is 1.95 bits per heavy atom. The van der Waals surface area contributed by atoms with Gasteiger partial charge in [0.2, 0.25) is 5.91 Å². The van der Waals surface area contributed by atoms with E-state index in [0.717, 1.165) is 5.56 Å². The average Bonchev–Trinajstić information content (AvgIpc) is 2.34. The molecule has 1 aromatic carbocycles. The molecule has 0 radical (unpaired) electrons. The maximum absolute atomic E-state index is 11.7. The van der Waals surface area contributed by atoms with Gasteiger partial charge in [0.15, 0.2) is 0 Å². The average molecular weight is 263 g/mol. The van der Waals surface area contributed by atoms with E-state index in [9.17, 15) is 9.59 Å². The number of hydrogen-bond acceptors (Lipinski definition) is 3. The number of rotatable bonds is 6. The quantitative estimate of drug-likeness (QED) is 0.798. The molecule has 1 amide bonds. The minimum Gasteiger partial charge on any atom is -0.466 e. The van der Waals surface area contributed by atoms with Crippen LogP contribution in [0, 0.1) is 13.8 Å². The molecule has 0 saturated carbocycles. The van der Waals surface area contributed by atoms with Gasteiger partial charge < -0.3 is 10.1 Å². The Kier molecular flexibility index (Phi) is 6.06. The lowest BCUT2D eigenvalue weighted by Crippen LogP contribution is -2.28. The molecule has 1 rings (SSSR count). The van der Waals surface area contributed by atoms with E-state index in [1.165, 1.54) is 11.1 Å². The molecule has 0 atom stereocenters. The Morgan fingerprint density at radius 1 is 1.21 bits per heavy atom. The van der Waals surface area contributed by atoms with E-state index in [4.69, 9.17) is 4.74 Å². The van der Waals surface area contributed by atoms with E-state index >= 15 is 0 Å². The third-order valence-corrected chi connectivity index (χ3v) is 2.89. The van der Waals surface area contributed by atoms with Crippen LogP contribution in [0.4, 0.5) is 0 Å². The van der Waals surface area contributed by atoms with Crippen LogP contribution < -0.4 is 5.32 Å². The second kappa shape index (κ2) is 7.56. The molecule has 0 spiro atoms. The van der Waals surface area contributed by atoms with Gasteiger partial charge in [-0.1, -0.05) is 18.2 Å². The predicted molar refractivity (Wildman–Crippen MR) is 73.9 cm³/mol. The van der Waals surface area contributed by atoms with Crippen molar-refractivity contribution in [1.29, 1.82) is 0 Å². The summed E-state index contributed by atoms with van der Waals surface area (Å²) in [7, 11) is 0.